The molecule has 0 unspecified atom stereocenters. The molecule has 1 atom stereocenters. The number of halogens is 3. The zero-order valence-corrected chi connectivity index (χ0v) is 24.0. The summed E-state index contributed by atoms with van der Waals surface area (Å²) in [5, 5.41) is 44.4. The van der Waals surface area contributed by atoms with Crippen LogP contribution in [0.4, 0.5) is 24.5 Å². The monoisotopic (exact) mass is 583 g/mol. The zero-order chi connectivity index (χ0) is 31.5. The molecule has 218 valence electrons. The summed E-state index contributed by atoms with van der Waals surface area (Å²) in [6.07, 6.45) is -0.910. The van der Waals surface area contributed by atoms with E-state index in [0.717, 1.165) is 19.4 Å². The number of fused-ring (bicyclic) bond motifs is 1. The van der Waals surface area contributed by atoms with Gasteiger partial charge in [0.2, 0.25) is 0 Å². The van der Waals surface area contributed by atoms with E-state index in [1.165, 1.54) is 6.20 Å². The molecule has 4 aromatic rings. The van der Waals surface area contributed by atoms with Crippen LogP contribution in [0.5, 0.6) is 0 Å². The first-order chi connectivity index (χ1) is 20.3. The average Bonchev–Trinajstić information content (AvgIpc) is 3.47. The van der Waals surface area contributed by atoms with Gasteiger partial charge in [0, 0.05) is 29.5 Å². The molecule has 0 aliphatic heterocycles. The summed E-state index contributed by atoms with van der Waals surface area (Å²) in [4.78, 5) is 4.28. The Morgan fingerprint density at radius 1 is 1.07 bits per heavy atom. The van der Waals surface area contributed by atoms with Crippen LogP contribution < -0.4 is 10.6 Å². The Hall–Kier alpha value is -5.41. The summed E-state index contributed by atoms with van der Waals surface area (Å²) >= 11 is 0. The lowest BCUT2D eigenvalue weighted by Gasteiger charge is -2.28. The van der Waals surface area contributed by atoms with E-state index in [4.69, 9.17) is 0 Å². The number of anilines is 2. The number of allylic oxidation sites excluding steroid dienone is 1. The molecule has 0 spiro atoms. The topological polar surface area (TPSA) is 139 Å². The summed E-state index contributed by atoms with van der Waals surface area (Å²) in [6.45, 7) is 9.35. The third-order valence-corrected chi connectivity index (χ3v) is 7.34. The molecule has 12 heteroatoms. The van der Waals surface area contributed by atoms with Crippen molar-refractivity contribution in [3.63, 3.8) is 0 Å². The number of aromatic nitrogens is 4. The summed E-state index contributed by atoms with van der Waals surface area (Å²) in [6, 6.07) is 14.1. The Labute approximate surface area is 246 Å². The van der Waals surface area contributed by atoms with Gasteiger partial charge >= 0.3 is 6.18 Å². The van der Waals surface area contributed by atoms with Crippen LogP contribution in [0.3, 0.4) is 0 Å². The van der Waals surface area contributed by atoms with Crippen LogP contribution in [0, 0.1) is 46.3 Å². The molecule has 43 heavy (non-hydrogen) atoms. The van der Waals surface area contributed by atoms with E-state index in [-0.39, 0.29) is 22.3 Å². The SMILES string of the molecule is C=C(CC)n1cc([C@@H](Nc2cc(C#N)c3ncc(C#N)c(NCC(C)(C)C(F)(F)F)c3c2)c2cccc(C#N)c2C)nn1. The number of nitriles is 3. The molecule has 0 aliphatic carbocycles. The average molecular weight is 584 g/mol. The molecule has 2 aromatic carbocycles. The molecule has 2 N–H and O–H groups in total. The van der Waals surface area contributed by atoms with Crippen molar-refractivity contribution in [2.45, 2.75) is 46.3 Å². The second-order valence-electron chi connectivity index (χ2n) is 10.6. The maximum absolute atomic E-state index is 13.6. The molecule has 0 saturated heterocycles. The van der Waals surface area contributed by atoms with Crippen LogP contribution in [0.1, 0.15) is 66.7 Å². The van der Waals surface area contributed by atoms with E-state index in [2.05, 4.69) is 44.6 Å². The van der Waals surface area contributed by atoms with Gasteiger partial charge in [-0.05, 0) is 56.5 Å². The number of nitrogens with one attached hydrogen (secondary N) is 2. The Balaban J connectivity index is 1.89. The van der Waals surface area contributed by atoms with Crippen molar-refractivity contribution in [1.82, 2.24) is 20.0 Å². The number of nitrogens with zero attached hydrogens (tertiary/aromatic N) is 7. The highest BCUT2D eigenvalue weighted by molar-refractivity contribution is 5.99. The zero-order valence-electron chi connectivity index (χ0n) is 24.0. The van der Waals surface area contributed by atoms with E-state index in [1.54, 1.807) is 35.1 Å². The molecule has 0 fully saturated rings. The third kappa shape index (κ3) is 5.98. The minimum absolute atomic E-state index is 0.0293. The highest BCUT2D eigenvalue weighted by atomic mass is 19.4. The van der Waals surface area contributed by atoms with Crippen LogP contribution in [-0.4, -0.2) is 32.7 Å². The number of benzene rings is 2. The van der Waals surface area contributed by atoms with E-state index < -0.39 is 24.2 Å². The first kappa shape index (κ1) is 30.5. The first-order valence-electron chi connectivity index (χ1n) is 13.3. The highest BCUT2D eigenvalue weighted by Gasteiger charge is 2.47. The Bertz CT molecular complexity index is 1830. The van der Waals surface area contributed by atoms with Crippen LogP contribution >= 0.6 is 0 Å². The predicted octanol–water partition coefficient (Wildman–Crippen LogP) is 6.83. The van der Waals surface area contributed by atoms with E-state index in [0.29, 0.717) is 40.0 Å². The van der Waals surface area contributed by atoms with Crippen LogP contribution in [0.25, 0.3) is 16.6 Å². The van der Waals surface area contributed by atoms with Crippen molar-refractivity contribution in [3.8, 4) is 18.2 Å². The molecular formula is C31H28F3N9. The highest BCUT2D eigenvalue weighted by Crippen LogP contribution is 2.39. The van der Waals surface area contributed by atoms with Crippen molar-refractivity contribution >= 4 is 28.0 Å². The maximum Gasteiger partial charge on any atom is 0.395 e. The molecule has 0 saturated carbocycles. The Morgan fingerprint density at radius 2 is 1.77 bits per heavy atom. The van der Waals surface area contributed by atoms with Gasteiger partial charge in [-0.1, -0.05) is 30.8 Å². The van der Waals surface area contributed by atoms with Gasteiger partial charge in [-0.2, -0.15) is 29.0 Å². The van der Waals surface area contributed by atoms with Crippen LogP contribution in [0.15, 0.2) is 49.3 Å². The van der Waals surface area contributed by atoms with Gasteiger partial charge in [-0.3, -0.25) is 4.98 Å². The standard InChI is InChI=1S/C31H28F3N9/c1-6-18(2)43-16-26(41-42-43)29(24-9-7-8-20(12-35)19(24)3)40-23-10-21(13-36)27-25(11-23)28(22(14-37)15-38-27)39-17-30(4,5)31(32,33)34/h7-11,15-16,29,40H,2,6,17H2,1,3-5H3,(H,38,39)/t29-/m0/s1. The summed E-state index contributed by atoms with van der Waals surface area (Å²) < 4.78 is 42.5. The molecule has 2 heterocycles. The van der Waals surface area contributed by atoms with Gasteiger partial charge in [0.15, 0.2) is 0 Å². The van der Waals surface area contributed by atoms with Gasteiger partial charge < -0.3 is 10.6 Å². The molecule has 0 bridgehead atoms. The van der Waals surface area contributed by atoms with Gasteiger partial charge in [-0.15, -0.1) is 5.10 Å². The fourth-order valence-electron chi connectivity index (χ4n) is 4.45. The number of alkyl halides is 3. The molecule has 9 nitrogen and oxygen atoms in total. The van der Waals surface area contributed by atoms with Crippen molar-refractivity contribution in [1.29, 1.82) is 15.8 Å². The molecule has 0 aliphatic rings. The summed E-state index contributed by atoms with van der Waals surface area (Å²) in [7, 11) is 0. The molecular weight excluding hydrogens is 555 g/mol. The fourth-order valence-corrected chi connectivity index (χ4v) is 4.45. The summed E-state index contributed by atoms with van der Waals surface area (Å²) in [5.74, 6) is 0. The third-order valence-electron chi connectivity index (χ3n) is 7.34. The Morgan fingerprint density at radius 3 is 2.40 bits per heavy atom. The predicted molar refractivity (Wildman–Crippen MR) is 157 cm³/mol. The van der Waals surface area contributed by atoms with Crippen molar-refractivity contribution in [2.75, 3.05) is 17.2 Å². The van der Waals surface area contributed by atoms with Gasteiger partial charge in [0.25, 0.3) is 0 Å². The van der Waals surface area contributed by atoms with Crippen molar-refractivity contribution in [2.24, 2.45) is 5.41 Å². The number of rotatable bonds is 9. The molecule has 4 rings (SSSR count). The molecule has 0 amide bonds. The second-order valence-corrected chi connectivity index (χ2v) is 10.6. The fraction of sp³-hybridized carbons (Fsp3) is 0.290. The van der Waals surface area contributed by atoms with E-state index in [9.17, 15) is 29.0 Å². The van der Waals surface area contributed by atoms with Crippen molar-refractivity contribution < 1.29 is 13.2 Å². The summed E-state index contributed by atoms with van der Waals surface area (Å²) in [5.41, 5.74) is 1.95. The molecule has 2 aromatic heterocycles. The first-order valence-corrected chi connectivity index (χ1v) is 13.3. The van der Waals surface area contributed by atoms with Gasteiger partial charge in [0.05, 0.1) is 51.6 Å². The number of hydrogen-bond donors (Lipinski definition) is 2. The van der Waals surface area contributed by atoms with Crippen LogP contribution in [0.2, 0.25) is 0 Å². The lowest BCUT2D eigenvalue weighted by atomic mass is 9.92. The lowest BCUT2D eigenvalue weighted by molar-refractivity contribution is -0.206. The minimum atomic E-state index is -4.50. The van der Waals surface area contributed by atoms with E-state index in [1.807, 2.05) is 26.0 Å². The number of pyridine rings is 1. The Kier molecular flexibility index (Phi) is 8.40. The molecule has 0 radical (unpaired) electrons. The van der Waals surface area contributed by atoms with E-state index >= 15 is 0 Å². The maximum atomic E-state index is 13.6. The smallest absolute Gasteiger partial charge is 0.382 e. The normalized spacial score (nSPS) is 12.2. The number of hydrogen-bond acceptors (Lipinski definition) is 8. The van der Waals surface area contributed by atoms with Crippen LogP contribution in [-0.2, 0) is 0 Å². The quantitative estimate of drug-likeness (QED) is 0.219. The van der Waals surface area contributed by atoms with Gasteiger partial charge in [0.1, 0.15) is 17.8 Å². The minimum Gasteiger partial charge on any atom is -0.382 e. The van der Waals surface area contributed by atoms with Gasteiger partial charge in [-0.25, -0.2) is 4.68 Å². The lowest BCUT2D eigenvalue weighted by Crippen LogP contribution is -2.38. The van der Waals surface area contributed by atoms with Crippen molar-refractivity contribution in [3.05, 3.63) is 82.8 Å². The largest absolute Gasteiger partial charge is 0.395 e. The second kappa shape index (κ2) is 11.8.